The van der Waals surface area contributed by atoms with E-state index >= 15 is 0 Å². The lowest BCUT2D eigenvalue weighted by molar-refractivity contribution is 0.449. The third kappa shape index (κ3) is 3.81. The number of carbonyl (C=O) groups excluding carboxylic acids is 2. The van der Waals surface area contributed by atoms with Crippen molar-refractivity contribution in [2.75, 3.05) is 6.54 Å². The Bertz CT molecular complexity index is 215. The molecule has 2 atom stereocenters. The fraction of sp³-hybridized carbons (Fsp3) is 0.750. The molecule has 0 aliphatic rings. The highest BCUT2D eigenvalue weighted by atomic mass is 16.1. The molecule has 0 bridgehead atoms. The standard InChI is InChI=1S/C8H12N2O2/c1-3-8(10-6-12)7(2)4-9-5-11/h7-8H,3-4H2,1-2H3. The fourth-order valence-electron chi connectivity index (χ4n) is 0.992. The van der Waals surface area contributed by atoms with Gasteiger partial charge in [0.1, 0.15) is 0 Å². The number of nitrogens with zero attached hydrogens (tertiary/aromatic N) is 2. The molecule has 0 radical (unpaired) electrons. The van der Waals surface area contributed by atoms with Crippen molar-refractivity contribution < 1.29 is 9.59 Å². The monoisotopic (exact) mass is 168 g/mol. The van der Waals surface area contributed by atoms with Crippen LogP contribution in [0.2, 0.25) is 0 Å². The van der Waals surface area contributed by atoms with Gasteiger partial charge < -0.3 is 0 Å². The molecule has 4 nitrogen and oxygen atoms in total. The van der Waals surface area contributed by atoms with E-state index in [0.29, 0.717) is 6.54 Å². The molecule has 0 amide bonds. The summed E-state index contributed by atoms with van der Waals surface area (Å²) >= 11 is 0. The molecule has 0 N–H and O–H groups in total. The van der Waals surface area contributed by atoms with Crippen molar-refractivity contribution >= 4 is 12.2 Å². The highest BCUT2D eigenvalue weighted by Gasteiger charge is 2.13. The van der Waals surface area contributed by atoms with Crippen molar-refractivity contribution in [3.05, 3.63) is 0 Å². The average Bonchev–Trinajstić information content (AvgIpc) is 2.10. The van der Waals surface area contributed by atoms with E-state index in [1.54, 1.807) is 0 Å². The summed E-state index contributed by atoms with van der Waals surface area (Å²) in [5, 5.41) is 0. The second-order valence-electron chi connectivity index (χ2n) is 2.61. The van der Waals surface area contributed by atoms with Crippen LogP contribution in [0.3, 0.4) is 0 Å². The second kappa shape index (κ2) is 6.47. The third-order valence-corrected chi connectivity index (χ3v) is 1.74. The molecule has 0 saturated heterocycles. The van der Waals surface area contributed by atoms with Gasteiger partial charge in [-0.05, 0) is 12.3 Å². The van der Waals surface area contributed by atoms with E-state index in [2.05, 4.69) is 9.98 Å². The smallest absolute Gasteiger partial charge is 0.211 e. The maximum Gasteiger partial charge on any atom is 0.235 e. The van der Waals surface area contributed by atoms with Crippen molar-refractivity contribution in [3.63, 3.8) is 0 Å². The highest BCUT2D eigenvalue weighted by molar-refractivity contribution is 5.34. The van der Waals surface area contributed by atoms with Crippen molar-refractivity contribution in [2.24, 2.45) is 15.9 Å². The normalized spacial score (nSPS) is 13.8. The van der Waals surface area contributed by atoms with Crippen molar-refractivity contribution in [2.45, 2.75) is 26.3 Å². The Labute approximate surface area is 71.4 Å². The first-order valence-corrected chi connectivity index (χ1v) is 3.86. The maximum atomic E-state index is 9.95. The van der Waals surface area contributed by atoms with E-state index in [0.717, 1.165) is 6.42 Å². The first-order chi connectivity index (χ1) is 5.76. The molecule has 66 valence electrons. The minimum Gasteiger partial charge on any atom is -0.211 e. The molecular weight excluding hydrogens is 156 g/mol. The topological polar surface area (TPSA) is 58.9 Å². The lowest BCUT2D eigenvalue weighted by atomic mass is 10.0. The van der Waals surface area contributed by atoms with Crippen molar-refractivity contribution in [3.8, 4) is 0 Å². The van der Waals surface area contributed by atoms with Crippen LogP contribution in [-0.4, -0.2) is 24.7 Å². The van der Waals surface area contributed by atoms with E-state index in [4.69, 9.17) is 0 Å². The average molecular weight is 168 g/mol. The van der Waals surface area contributed by atoms with Crippen LogP contribution in [0, 0.1) is 5.92 Å². The summed E-state index contributed by atoms with van der Waals surface area (Å²) in [6.07, 6.45) is 3.72. The van der Waals surface area contributed by atoms with Gasteiger partial charge in [0.05, 0.1) is 12.6 Å². The number of hydrogen-bond acceptors (Lipinski definition) is 4. The molecule has 0 aromatic rings. The van der Waals surface area contributed by atoms with Crippen LogP contribution in [0.25, 0.3) is 0 Å². The van der Waals surface area contributed by atoms with Gasteiger partial charge in [-0.2, -0.15) is 0 Å². The summed E-state index contributed by atoms with van der Waals surface area (Å²) in [6.45, 7) is 4.18. The third-order valence-electron chi connectivity index (χ3n) is 1.74. The Morgan fingerprint density at radius 2 is 2.00 bits per heavy atom. The minimum atomic E-state index is -0.0837. The summed E-state index contributed by atoms with van der Waals surface area (Å²) in [6, 6.07) is -0.0837. The molecule has 0 aromatic heterocycles. The van der Waals surface area contributed by atoms with Gasteiger partial charge in [-0.3, -0.25) is 0 Å². The van der Waals surface area contributed by atoms with Crippen molar-refractivity contribution in [1.82, 2.24) is 0 Å². The molecule has 12 heavy (non-hydrogen) atoms. The lowest BCUT2D eigenvalue weighted by Gasteiger charge is -2.13. The SMILES string of the molecule is CCC(N=C=O)C(C)CN=C=O. The van der Waals surface area contributed by atoms with Crippen LogP contribution in [-0.2, 0) is 9.59 Å². The van der Waals surface area contributed by atoms with Crippen LogP contribution in [0.4, 0.5) is 0 Å². The highest BCUT2D eigenvalue weighted by Crippen LogP contribution is 2.10. The molecule has 2 unspecified atom stereocenters. The molecule has 0 aromatic carbocycles. The van der Waals surface area contributed by atoms with E-state index in [1.165, 1.54) is 12.2 Å². The van der Waals surface area contributed by atoms with Gasteiger partial charge in [0.15, 0.2) is 0 Å². The van der Waals surface area contributed by atoms with Gasteiger partial charge in [-0.25, -0.2) is 19.6 Å². The number of isocyanates is 2. The van der Waals surface area contributed by atoms with Gasteiger partial charge in [0.25, 0.3) is 0 Å². The van der Waals surface area contributed by atoms with E-state index < -0.39 is 0 Å². The molecule has 0 heterocycles. The summed E-state index contributed by atoms with van der Waals surface area (Å²) < 4.78 is 0. The van der Waals surface area contributed by atoms with E-state index in [1.807, 2.05) is 13.8 Å². The van der Waals surface area contributed by atoms with Crippen LogP contribution < -0.4 is 0 Å². The van der Waals surface area contributed by atoms with Gasteiger partial charge in [-0.15, -0.1) is 0 Å². The number of aliphatic imine (C=N–C) groups is 2. The van der Waals surface area contributed by atoms with Crippen molar-refractivity contribution in [1.29, 1.82) is 0 Å². The Balaban J connectivity index is 4.09. The Morgan fingerprint density at radius 1 is 1.33 bits per heavy atom. The largest absolute Gasteiger partial charge is 0.235 e. The van der Waals surface area contributed by atoms with Crippen LogP contribution in [0.15, 0.2) is 9.98 Å². The zero-order valence-electron chi connectivity index (χ0n) is 7.28. The van der Waals surface area contributed by atoms with Crippen LogP contribution >= 0.6 is 0 Å². The predicted octanol–water partition coefficient (Wildman–Crippen LogP) is 1.07. The van der Waals surface area contributed by atoms with Gasteiger partial charge in [0, 0.05) is 0 Å². The summed E-state index contributed by atoms with van der Waals surface area (Å²) in [4.78, 5) is 26.8. The first kappa shape index (κ1) is 10.8. The summed E-state index contributed by atoms with van der Waals surface area (Å²) in [5.41, 5.74) is 0. The van der Waals surface area contributed by atoms with E-state index in [9.17, 15) is 9.59 Å². The molecule has 0 rings (SSSR count). The Hall–Kier alpha value is -1.24. The molecule has 0 aliphatic carbocycles. The van der Waals surface area contributed by atoms with Gasteiger partial charge in [-0.1, -0.05) is 13.8 Å². The van der Waals surface area contributed by atoms with Gasteiger partial charge >= 0.3 is 0 Å². The minimum absolute atomic E-state index is 0.0837. The maximum absolute atomic E-state index is 9.95. The first-order valence-electron chi connectivity index (χ1n) is 3.86. The zero-order chi connectivity index (χ0) is 9.40. The predicted molar refractivity (Wildman–Crippen MR) is 44.4 cm³/mol. The molecule has 0 fully saturated rings. The zero-order valence-corrected chi connectivity index (χ0v) is 7.28. The molecule has 0 saturated carbocycles. The quantitative estimate of drug-likeness (QED) is 0.455. The van der Waals surface area contributed by atoms with E-state index in [-0.39, 0.29) is 12.0 Å². The molecular formula is C8H12N2O2. The van der Waals surface area contributed by atoms with Crippen LogP contribution in [0.1, 0.15) is 20.3 Å². The van der Waals surface area contributed by atoms with Gasteiger partial charge in [0.2, 0.25) is 12.2 Å². The lowest BCUT2D eigenvalue weighted by Crippen LogP contribution is -2.17. The number of hydrogen-bond donors (Lipinski definition) is 0. The fourth-order valence-corrected chi connectivity index (χ4v) is 0.992. The summed E-state index contributed by atoms with van der Waals surface area (Å²) in [7, 11) is 0. The Morgan fingerprint density at radius 3 is 2.42 bits per heavy atom. The Kier molecular flexibility index (Phi) is 5.80. The van der Waals surface area contributed by atoms with Crippen LogP contribution in [0.5, 0.6) is 0 Å². The molecule has 0 aliphatic heterocycles. The molecule has 0 spiro atoms. The second-order valence-corrected chi connectivity index (χ2v) is 2.61. The number of rotatable bonds is 5. The molecule has 4 heteroatoms. The summed E-state index contributed by atoms with van der Waals surface area (Å²) in [5.74, 6) is 0.0953.